The first kappa shape index (κ1) is 25.3. The summed E-state index contributed by atoms with van der Waals surface area (Å²) < 4.78 is 3.86. The van der Waals surface area contributed by atoms with Gasteiger partial charge < -0.3 is 10.2 Å². The number of aliphatic hydroxyl groups excluding tert-OH is 2. The Bertz CT molecular complexity index is 1580. The molecule has 0 saturated carbocycles. The second-order valence-electron chi connectivity index (χ2n) is 8.96. The molecule has 2 aromatic carbocycles. The molecule has 8 heteroatoms. The van der Waals surface area contributed by atoms with Crippen LogP contribution in [-0.2, 0) is 39.1 Å². The number of aliphatic hydroxyl groups is 2. The van der Waals surface area contributed by atoms with E-state index in [9.17, 15) is 0 Å². The monoisotopic (exact) mass is 506 g/mol. The van der Waals surface area contributed by atoms with Crippen LogP contribution in [-0.4, -0.2) is 39.7 Å². The van der Waals surface area contributed by atoms with Gasteiger partial charge in [0.25, 0.3) is 0 Å². The van der Waals surface area contributed by atoms with Crippen molar-refractivity contribution in [1.82, 2.24) is 29.5 Å². The topological polar surface area (TPSA) is 102 Å². The van der Waals surface area contributed by atoms with Crippen molar-refractivity contribution in [2.75, 3.05) is 0 Å². The van der Waals surface area contributed by atoms with Crippen molar-refractivity contribution in [1.29, 1.82) is 0 Å². The lowest BCUT2D eigenvalue weighted by atomic mass is 10.1. The van der Waals surface area contributed by atoms with Crippen LogP contribution in [0.2, 0.25) is 0 Å². The molecule has 0 aliphatic heterocycles. The van der Waals surface area contributed by atoms with Gasteiger partial charge in [-0.2, -0.15) is 10.2 Å². The van der Waals surface area contributed by atoms with Gasteiger partial charge in [-0.05, 0) is 48.2 Å². The molecule has 38 heavy (non-hydrogen) atoms. The standard InChI is InChI=1S/2C15H15N3O/c19-11-13-6-7-15-14(17-13)10-16-18(15)9-8-12-4-2-1-3-5-12;19-11-13-6-7-14-15(16-13)10-18(17-14)9-8-12-4-2-1-3-5-12/h2*1-7,10,19H,8-9,11H2. The number of aromatic nitrogens is 6. The molecule has 6 rings (SSSR count). The third-order valence-corrected chi connectivity index (χ3v) is 6.28. The van der Waals surface area contributed by atoms with E-state index in [4.69, 9.17) is 10.2 Å². The second kappa shape index (κ2) is 12.2. The highest BCUT2D eigenvalue weighted by Crippen LogP contribution is 2.14. The number of rotatable bonds is 8. The zero-order valence-corrected chi connectivity index (χ0v) is 21.1. The van der Waals surface area contributed by atoms with E-state index in [0.29, 0.717) is 11.4 Å². The Morgan fingerprint density at radius 2 is 1.21 bits per heavy atom. The molecule has 4 heterocycles. The highest BCUT2D eigenvalue weighted by atomic mass is 16.3. The average molecular weight is 507 g/mol. The van der Waals surface area contributed by atoms with Gasteiger partial charge in [-0.25, -0.2) is 9.97 Å². The van der Waals surface area contributed by atoms with Crippen LogP contribution in [0.1, 0.15) is 22.5 Å². The average Bonchev–Trinajstić information content (AvgIpc) is 3.59. The summed E-state index contributed by atoms with van der Waals surface area (Å²) in [6.07, 6.45) is 5.57. The molecule has 192 valence electrons. The van der Waals surface area contributed by atoms with Crippen LogP contribution >= 0.6 is 0 Å². The SMILES string of the molecule is OCc1ccc2c(cnn2CCc2ccccc2)n1.OCc1ccc2nn(CCc3ccccc3)cc2n1. The lowest BCUT2D eigenvalue weighted by Crippen LogP contribution is -2.03. The Morgan fingerprint density at radius 1 is 0.605 bits per heavy atom. The Balaban J connectivity index is 0.000000155. The lowest BCUT2D eigenvalue weighted by Gasteiger charge is -2.04. The maximum absolute atomic E-state index is 9.07. The van der Waals surface area contributed by atoms with Crippen LogP contribution in [0, 0.1) is 0 Å². The van der Waals surface area contributed by atoms with Crippen LogP contribution < -0.4 is 0 Å². The minimum absolute atomic E-state index is 0.0366. The van der Waals surface area contributed by atoms with E-state index in [1.165, 1.54) is 11.1 Å². The van der Waals surface area contributed by atoms with Crippen molar-refractivity contribution in [3.8, 4) is 0 Å². The molecule has 0 fully saturated rings. The third-order valence-electron chi connectivity index (χ3n) is 6.28. The van der Waals surface area contributed by atoms with Gasteiger partial charge in [-0.3, -0.25) is 9.36 Å². The number of aryl methyl sites for hydroxylation is 4. The van der Waals surface area contributed by atoms with E-state index >= 15 is 0 Å². The van der Waals surface area contributed by atoms with Crippen molar-refractivity contribution < 1.29 is 10.2 Å². The third kappa shape index (κ3) is 6.29. The largest absolute Gasteiger partial charge is 0.390 e. The van der Waals surface area contributed by atoms with Gasteiger partial charge in [0.1, 0.15) is 16.6 Å². The normalized spacial score (nSPS) is 11.0. The molecular weight excluding hydrogens is 476 g/mol. The van der Waals surface area contributed by atoms with E-state index in [1.807, 2.05) is 70.2 Å². The lowest BCUT2D eigenvalue weighted by molar-refractivity contribution is 0.277. The summed E-state index contributed by atoms with van der Waals surface area (Å²) in [5.41, 5.74) is 7.49. The van der Waals surface area contributed by atoms with E-state index < -0.39 is 0 Å². The molecule has 0 unspecified atom stereocenters. The van der Waals surface area contributed by atoms with Crippen molar-refractivity contribution >= 4 is 22.1 Å². The summed E-state index contributed by atoms with van der Waals surface area (Å²) in [6.45, 7) is 1.58. The quantitative estimate of drug-likeness (QED) is 0.319. The summed E-state index contributed by atoms with van der Waals surface area (Å²) in [7, 11) is 0. The first-order chi connectivity index (χ1) is 18.7. The van der Waals surface area contributed by atoms with Crippen LogP contribution in [0.3, 0.4) is 0 Å². The number of fused-ring (bicyclic) bond motifs is 2. The predicted molar refractivity (Wildman–Crippen MR) is 147 cm³/mol. The zero-order chi connectivity index (χ0) is 26.2. The Kier molecular flexibility index (Phi) is 8.13. The van der Waals surface area contributed by atoms with E-state index in [1.54, 1.807) is 12.3 Å². The molecule has 0 aliphatic carbocycles. The summed E-state index contributed by atoms with van der Waals surface area (Å²) in [5.74, 6) is 0. The van der Waals surface area contributed by atoms with Gasteiger partial charge >= 0.3 is 0 Å². The van der Waals surface area contributed by atoms with Gasteiger partial charge in [0.15, 0.2) is 0 Å². The maximum Gasteiger partial charge on any atom is 0.111 e. The molecule has 0 amide bonds. The molecular formula is C30H30N6O2. The molecule has 0 bridgehead atoms. The van der Waals surface area contributed by atoms with Gasteiger partial charge in [0.2, 0.25) is 0 Å². The molecule has 0 radical (unpaired) electrons. The number of hydrogen-bond acceptors (Lipinski definition) is 6. The molecule has 0 saturated heterocycles. The smallest absolute Gasteiger partial charge is 0.111 e. The van der Waals surface area contributed by atoms with E-state index in [0.717, 1.165) is 48.0 Å². The summed E-state index contributed by atoms with van der Waals surface area (Å²) >= 11 is 0. The van der Waals surface area contributed by atoms with Gasteiger partial charge in [0, 0.05) is 13.1 Å². The molecule has 2 N–H and O–H groups in total. The summed E-state index contributed by atoms with van der Waals surface area (Å²) in [5, 5.41) is 27.0. The fourth-order valence-corrected chi connectivity index (χ4v) is 4.24. The van der Waals surface area contributed by atoms with Crippen molar-refractivity contribution in [3.63, 3.8) is 0 Å². The molecule has 0 aliphatic rings. The van der Waals surface area contributed by atoms with Crippen molar-refractivity contribution in [2.24, 2.45) is 0 Å². The fraction of sp³-hybridized carbons (Fsp3) is 0.200. The van der Waals surface area contributed by atoms with Crippen molar-refractivity contribution in [2.45, 2.75) is 39.1 Å². The number of benzene rings is 2. The van der Waals surface area contributed by atoms with Crippen molar-refractivity contribution in [3.05, 3.63) is 120 Å². The van der Waals surface area contributed by atoms with Crippen LogP contribution in [0.15, 0.2) is 97.3 Å². The summed E-state index contributed by atoms with van der Waals surface area (Å²) in [6, 6.07) is 28.2. The zero-order valence-electron chi connectivity index (χ0n) is 21.1. The van der Waals surface area contributed by atoms with Crippen LogP contribution in [0.5, 0.6) is 0 Å². The molecule has 6 aromatic rings. The molecule has 8 nitrogen and oxygen atoms in total. The van der Waals surface area contributed by atoms with E-state index in [2.05, 4.69) is 44.4 Å². The Morgan fingerprint density at radius 3 is 1.87 bits per heavy atom. The second-order valence-corrected chi connectivity index (χ2v) is 8.96. The molecule has 0 atom stereocenters. The Labute approximate surface area is 220 Å². The first-order valence-electron chi connectivity index (χ1n) is 12.7. The number of pyridine rings is 2. The molecule has 4 aromatic heterocycles. The van der Waals surface area contributed by atoms with Gasteiger partial charge in [-0.15, -0.1) is 0 Å². The number of hydrogen-bond donors (Lipinski definition) is 2. The number of nitrogens with zero attached hydrogens (tertiary/aromatic N) is 6. The maximum atomic E-state index is 9.07. The minimum atomic E-state index is -0.0366. The highest BCUT2D eigenvalue weighted by Gasteiger charge is 2.05. The van der Waals surface area contributed by atoms with Crippen LogP contribution in [0.25, 0.3) is 22.1 Å². The minimum Gasteiger partial charge on any atom is -0.390 e. The highest BCUT2D eigenvalue weighted by molar-refractivity contribution is 5.74. The Hall–Kier alpha value is -4.40. The van der Waals surface area contributed by atoms with Gasteiger partial charge in [-0.1, -0.05) is 60.7 Å². The summed E-state index contributed by atoms with van der Waals surface area (Å²) in [4.78, 5) is 8.67. The first-order valence-corrected chi connectivity index (χ1v) is 12.7. The van der Waals surface area contributed by atoms with E-state index in [-0.39, 0.29) is 13.2 Å². The van der Waals surface area contributed by atoms with Crippen LogP contribution in [0.4, 0.5) is 0 Å². The fourth-order valence-electron chi connectivity index (χ4n) is 4.24. The molecule has 0 spiro atoms. The van der Waals surface area contributed by atoms with Gasteiger partial charge in [0.05, 0.1) is 42.5 Å². The predicted octanol–water partition coefficient (Wildman–Crippen LogP) is 4.33.